The summed E-state index contributed by atoms with van der Waals surface area (Å²) >= 11 is 2.14. The molecule has 0 bridgehead atoms. The van der Waals surface area contributed by atoms with Gasteiger partial charge in [-0.1, -0.05) is 13.3 Å². The summed E-state index contributed by atoms with van der Waals surface area (Å²) in [7, 11) is 0. The molecule has 0 aliphatic carbocycles. The van der Waals surface area contributed by atoms with Crippen LogP contribution >= 0.6 is 11.8 Å². The van der Waals surface area contributed by atoms with E-state index < -0.39 is 0 Å². The van der Waals surface area contributed by atoms with Gasteiger partial charge in [-0.05, 0) is 38.5 Å². The van der Waals surface area contributed by atoms with Crippen LogP contribution in [0.25, 0.3) is 0 Å². The van der Waals surface area contributed by atoms with Crippen LogP contribution in [0.5, 0.6) is 0 Å². The van der Waals surface area contributed by atoms with Gasteiger partial charge < -0.3 is 5.32 Å². The summed E-state index contributed by atoms with van der Waals surface area (Å²) in [6.45, 7) is 5.29. The largest absolute Gasteiger partial charge is 0.312 e. The maximum atomic E-state index is 3.65. The summed E-state index contributed by atoms with van der Waals surface area (Å²) in [5.41, 5.74) is 0. The van der Waals surface area contributed by atoms with Crippen molar-refractivity contribution in [2.24, 2.45) is 0 Å². The van der Waals surface area contributed by atoms with E-state index in [0.29, 0.717) is 6.04 Å². The first-order valence-electron chi connectivity index (χ1n) is 6.13. The predicted molar refractivity (Wildman–Crippen MR) is 70.2 cm³/mol. The van der Waals surface area contributed by atoms with Gasteiger partial charge in [0.15, 0.2) is 0 Å². The van der Waals surface area contributed by atoms with Crippen LogP contribution < -0.4 is 5.32 Å². The fourth-order valence-corrected chi connectivity index (χ4v) is 3.39. The molecule has 1 heterocycles. The highest BCUT2D eigenvalue weighted by Gasteiger charge is 2.22. The minimum atomic E-state index is 0.614. The van der Waals surface area contributed by atoms with E-state index in [9.17, 15) is 0 Å². The predicted octanol–water partition coefficient (Wildman–Crippen LogP) is 3.05. The molecule has 1 rings (SSSR count). The lowest BCUT2D eigenvalue weighted by atomic mass is 10.0. The zero-order valence-electron chi connectivity index (χ0n) is 10.0. The van der Waals surface area contributed by atoms with Gasteiger partial charge >= 0.3 is 0 Å². The third-order valence-electron chi connectivity index (χ3n) is 2.82. The Balaban J connectivity index is 2.39. The van der Waals surface area contributed by atoms with E-state index in [1.54, 1.807) is 0 Å². The van der Waals surface area contributed by atoms with Crippen molar-refractivity contribution in [3.8, 4) is 11.8 Å². The Hall–Kier alpha value is -0.130. The van der Waals surface area contributed by atoms with Gasteiger partial charge in [-0.2, -0.15) is 11.8 Å². The molecular formula is C13H23NS. The van der Waals surface area contributed by atoms with Crippen LogP contribution in [0.2, 0.25) is 0 Å². The molecule has 86 valence electrons. The second kappa shape index (κ2) is 8.07. The first-order valence-corrected chi connectivity index (χ1v) is 7.18. The van der Waals surface area contributed by atoms with E-state index in [1.807, 2.05) is 6.92 Å². The minimum Gasteiger partial charge on any atom is -0.312 e. The van der Waals surface area contributed by atoms with Crippen molar-refractivity contribution >= 4 is 11.8 Å². The molecule has 0 aromatic heterocycles. The Kier molecular flexibility index (Phi) is 6.96. The van der Waals surface area contributed by atoms with Gasteiger partial charge in [0, 0.05) is 17.7 Å². The third kappa shape index (κ3) is 4.95. The number of rotatable bonds is 5. The Morgan fingerprint density at radius 1 is 1.47 bits per heavy atom. The topological polar surface area (TPSA) is 12.0 Å². The lowest BCUT2D eigenvalue weighted by Crippen LogP contribution is -2.39. The second-order valence-corrected chi connectivity index (χ2v) is 5.44. The van der Waals surface area contributed by atoms with Crippen molar-refractivity contribution in [1.82, 2.24) is 5.32 Å². The second-order valence-electron chi connectivity index (χ2n) is 4.10. The van der Waals surface area contributed by atoms with E-state index >= 15 is 0 Å². The first kappa shape index (κ1) is 12.9. The Bertz CT molecular complexity index is 210. The first-order chi connectivity index (χ1) is 7.38. The van der Waals surface area contributed by atoms with Crippen LogP contribution in [0, 0.1) is 11.8 Å². The Morgan fingerprint density at radius 2 is 2.33 bits per heavy atom. The van der Waals surface area contributed by atoms with Crippen molar-refractivity contribution in [2.45, 2.75) is 57.2 Å². The van der Waals surface area contributed by atoms with Crippen LogP contribution in [0.15, 0.2) is 0 Å². The van der Waals surface area contributed by atoms with Gasteiger partial charge in [-0.25, -0.2) is 0 Å². The molecule has 0 aromatic rings. The lowest BCUT2D eigenvalue weighted by Gasteiger charge is -2.29. The zero-order valence-corrected chi connectivity index (χ0v) is 10.8. The van der Waals surface area contributed by atoms with Crippen molar-refractivity contribution < 1.29 is 0 Å². The molecule has 1 aliphatic rings. The summed E-state index contributed by atoms with van der Waals surface area (Å²) in [6, 6.07) is 0.614. The fraction of sp³-hybridized carbons (Fsp3) is 0.846. The summed E-state index contributed by atoms with van der Waals surface area (Å²) in [6.07, 6.45) is 6.42. The lowest BCUT2D eigenvalue weighted by molar-refractivity contribution is 0.471. The van der Waals surface area contributed by atoms with Crippen LogP contribution in [0.4, 0.5) is 0 Å². The van der Waals surface area contributed by atoms with E-state index in [4.69, 9.17) is 0 Å². The van der Waals surface area contributed by atoms with E-state index in [0.717, 1.165) is 18.2 Å². The van der Waals surface area contributed by atoms with Crippen molar-refractivity contribution in [1.29, 1.82) is 0 Å². The molecule has 1 aliphatic heterocycles. The van der Waals surface area contributed by atoms with Crippen LogP contribution in [-0.4, -0.2) is 23.6 Å². The van der Waals surface area contributed by atoms with Crippen molar-refractivity contribution in [3.63, 3.8) is 0 Å². The SMILES string of the molecule is CC#CCC(NCCC)C1CCCCS1. The molecule has 0 spiro atoms. The third-order valence-corrected chi connectivity index (χ3v) is 4.34. The summed E-state index contributed by atoms with van der Waals surface area (Å²) in [5.74, 6) is 7.58. The number of hydrogen-bond acceptors (Lipinski definition) is 2. The highest BCUT2D eigenvalue weighted by atomic mass is 32.2. The smallest absolute Gasteiger partial charge is 0.0295 e. The van der Waals surface area contributed by atoms with Crippen LogP contribution in [-0.2, 0) is 0 Å². The maximum absolute atomic E-state index is 3.65. The van der Waals surface area contributed by atoms with Crippen LogP contribution in [0.1, 0.15) is 46.0 Å². The number of thioether (sulfide) groups is 1. The number of hydrogen-bond donors (Lipinski definition) is 1. The molecule has 0 aromatic carbocycles. The minimum absolute atomic E-state index is 0.614. The Labute approximate surface area is 98.8 Å². The Morgan fingerprint density at radius 3 is 2.93 bits per heavy atom. The molecule has 2 heteroatoms. The van der Waals surface area contributed by atoms with Crippen LogP contribution in [0.3, 0.4) is 0 Å². The molecule has 15 heavy (non-hydrogen) atoms. The van der Waals surface area contributed by atoms with E-state index in [2.05, 4.69) is 35.8 Å². The molecule has 2 unspecified atom stereocenters. The fourth-order valence-electron chi connectivity index (χ4n) is 1.96. The monoisotopic (exact) mass is 225 g/mol. The summed E-state index contributed by atoms with van der Waals surface area (Å²) in [4.78, 5) is 0. The highest BCUT2D eigenvalue weighted by molar-refractivity contribution is 8.00. The average Bonchev–Trinajstić information content (AvgIpc) is 2.30. The summed E-state index contributed by atoms with van der Waals surface area (Å²) < 4.78 is 0. The molecule has 1 fully saturated rings. The molecule has 1 saturated heterocycles. The highest BCUT2D eigenvalue weighted by Crippen LogP contribution is 2.28. The molecular weight excluding hydrogens is 202 g/mol. The van der Waals surface area contributed by atoms with E-state index in [1.165, 1.54) is 31.4 Å². The molecule has 1 N–H and O–H groups in total. The van der Waals surface area contributed by atoms with E-state index in [-0.39, 0.29) is 0 Å². The van der Waals surface area contributed by atoms with Crippen molar-refractivity contribution in [3.05, 3.63) is 0 Å². The van der Waals surface area contributed by atoms with Gasteiger partial charge in [-0.3, -0.25) is 0 Å². The molecule has 0 amide bonds. The van der Waals surface area contributed by atoms with Gasteiger partial charge in [0.05, 0.1) is 0 Å². The van der Waals surface area contributed by atoms with Crippen molar-refractivity contribution in [2.75, 3.05) is 12.3 Å². The zero-order chi connectivity index (χ0) is 10.9. The summed E-state index contributed by atoms with van der Waals surface area (Å²) in [5, 5.41) is 4.45. The van der Waals surface area contributed by atoms with Gasteiger partial charge in [0.1, 0.15) is 0 Å². The molecule has 2 atom stereocenters. The maximum Gasteiger partial charge on any atom is 0.0295 e. The van der Waals surface area contributed by atoms with Gasteiger partial charge in [0.25, 0.3) is 0 Å². The van der Waals surface area contributed by atoms with Gasteiger partial charge in [-0.15, -0.1) is 11.8 Å². The standard InChI is InChI=1S/C13H23NS/c1-3-5-8-12(14-10-4-2)13-9-6-7-11-15-13/h12-14H,4,6-11H2,1-2H3. The molecule has 0 radical (unpaired) electrons. The quantitative estimate of drug-likeness (QED) is 0.722. The molecule has 0 saturated carbocycles. The normalized spacial score (nSPS) is 22.9. The average molecular weight is 225 g/mol. The molecule has 1 nitrogen and oxygen atoms in total. The number of nitrogens with one attached hydrogen (secondary N) is 1. The van der Waals surface area contributed by atoms with Gasteiger partial charge in [0.2, 0.25) is 0 Å².